The predicted octanol–water partition coefficient (Wildman–Crippen LogP) is 4.04. The van der Waals surface area contributed by atoms with Gasteiger partial charge in [-0.25, -0.2) is 8.78 Å². The van der Waals surface area contributed by atoms with Gasteiger partial charge in [0.05, 0.1) is 16.1 Å². The average Bonchev–Trinajstić information content (AvgIpc) is 3.20. The van der Waals surface area contributed by atoms with Crippen molar-refractivity contribution in [3.63, 3.8) is 0 Å². The first-order chi connectivity index (χ1) is 10.0. The van der Waals surface area contributed by atoms with Crippen molar-refractivity contribution >= 4 is 17.5 Å². The molecule has 2 aromatic carbocycles. The van der Waals surface area contributed by atoms with Crippen molar-refractivity contribution in [2.45, 2.75) is 18.4 Å². The van der Waals surface area contributed by atoms with E-state index in [0.717, 1.165) is 18.4 Å². The van der Waals surface area contributed by atoms with Crippen LogP contribution < -0.4 is 5.32 Å². The van der Waals surface area contributed by atoms with Crippen molar-refractivity contribution in [2.24, 2.45) is 0 Å². The first-order valence-electron chi connectivity index (χ1n) is 6.54. The van der Waals surface area contributed by atoms with Gasteiger partial charge in [-0.3, -0.25) is 4.79 Å². The van der Waals surface area contributed by atoms with E-state index < -0.39 is 17.3 Å². The second kappa shape index (κ2) is 5.11. The fourth-order valence-corrected chi connectivity index (χ4v) is 2.62. The molecule has 21 heavy (non-hydrogen) atoms. The molecular formula is C16H12ClF2NO. The summed E-state index contributed by atoms with van der Waals surface area (Å²) in [5.74, 6) is -1.55. The van der Waals surface area contributed by atoms with Crippen molar-refractivity contribution in [1.82, 2.24) is 5.32 Å². The van der Waals surface area contributed by atoms with E-state index in [1.54, 1.807) is 12.1 Å². The number of benzene rings is 2. The van der Waals surface area contributed by atoms with E-state index in [-0.39, 0.29) is 16.4 Å². The molecule has 0 spiro atoms. The summed E-state index contributed by atoms with van der Waals surface area (Å²) in [5, 5.41) is 2.89. The zero-order valence-electron chi connectivity index (χ0n) is 11.0. The number of rotatable bonds is 3. The third-order valence-electron chi connectivity index (χ3n) is 3.69. The molecule has 0 unspecified atom stereocenters. The second-order valence-corrected chi connectivity index (χ2v) is 5.55. The molecule has 0 aromatic heterocycles. The molecule has 1 amide bonds. The van der Waals surface area contributed by atoms with Gasteiger partial charge in [-0.2, -0.15) is 0 Å². The predicted molar refractivity (Wildman–Crippen MR) is 76.2 cm³/mol. The highest BCUT2D eigenvalue weighted by Gasteiger charge is 2.46. The minimum Gasteiger partial charge on any atom is -0.342 e. The Balaban J connectivity index is 1.86. The van der Waals surface area contributed by atoms with Crippen LogP contribution in [0, 0.1) is 11.6 Å². The molecule has 0 saturated heterocycles. The standard InChI is InChI=1S/C16H12ClF2NO/c17-12-2-1-3-13(19)14(12)15(21)20-16(8-9-16)10-4-6-11(18)7-5-10/h1-7H,8-9H2,(H,20,21). The Hall–Kier alpha value is -1.94. The molecule has 0 atom stereocenters. The summed E-state index contributed by atoms with van der Waals surface area (Å²) in [6.07, 6.45) is 1.47. The van der Waals surface area contributed by atoms with Gasteiger partial charge >= 0.3 is 0 Å². The molecule has 3 rings (SSSR count). The molecule has 0 bridgehead atoms. The number of hydrogen-bond donors (Lipinski definition) is 1. The van der Waals surface area contributed by atoms with Gasteiger partial charge in [0.15, 0.2) is 0 Å². The third-order valence-corrected chi connectivity index (χ3v) is 4.00. The van der Waals surface area contributed by atoms with E-state index in [4.69, 9.17) is 11.6 Å². The van der Waals surface area contributed by atoms with Crippen molar-refractivity contribution < 1.29 is 13.6 Å². The van der Waals surface area contributed by atoms with Gasteiger partial charge in [-0.1, -0.05) is 29.8 Å². The highest BCUT2D eigenvalue weighted by molar-refractivity contribution is 6.33. The number of halogens is 3. The monoisotopic (exact) mass is 307 g/mol. The van der Waals surface area contributed by atoms with Gasteiger partial charge in [0.25, 0.3) is 5.91 Å². The largest absolute Gasteiger partial charge is 0.342 e. The van der Waals surface area contributed by atoms with Gasteiger partial charge in [0.1, 0.15) is 11.6 Å². The number of amides is 1. The Morgan fingerprint density at radius 1 is 1.10 bits per heavy atom. The van der Waals surface area contributed by atoms with Gasteiger partial charge in [-0.15, -0.1) is 0 Å². The Labute approximate surface area is 125 Å². The van der Waals surface area contributed by atoms with Gasteiger partial charge in [0, 0.05) is 0 Å². The van der Waals surface area contributed by atoms with E-state index in [0.29, 0.717) is 0 Å². The van der Waals surface area contributed by atoms with Gasteiger partial charge in [0.2, 0.25) is 0 Å². The van der Waals surface area contributed by atoms with E-state index >= 15 is 0 Å². The molecule has 1 saturated carbocycles. The van der Waals surface area contributed by atoms with E-state index in [9.17, 15) is 13.6 Å². The fourth-order valence-electron chi connectivity index (χ4n) is 2.37. The summed E-state index contributed by atoms with van der Waals surface area (Å²) in [4.78, 5) is 12.3. The fraction of sp³-hybridized carbons (Fsp3) is 0.188. The first-order valence-corrected chi connectivity index (χ1v) is 6.92. The number of carbonyl (C=O) groups is 1. The summed E-state index contributed by atoms with van der Waals surface area (Å²) >= 11 is 5.89. The Morgan fingerprint density at radius 2 is 1.76 bits per heavy atom. The Morgan fingerprint density at radius 3 is 2.33 bits per heavy atom. The zero-order valence-corrected chi connectivity index (χ0v) is 11.8. The number of carbonyl (C=O) groups excluding carboxylic acids is 1. The lowest BCUT2D eigenvalue weighted by Crippen LogP contribution is -2.35. The van der Waals surface area contributed by atoms with Crippen LogP contribution in [0.5, 0.6) is 0 Å². The molecule has 108 valence electrons. The molecule has 1 N–H and O–H groups in total. The maximum atomic E-state index is 13.8. The Bertz CT molecular complexity index is 676. The molecule has 1 fully saturated rings. The molecule has 2 nitrogen and oxygen atoms in total. The highest BCUT2D eigenvalue weighted by atomic mass is 35.5. The normalized spacial score (nSPS) is 15.6. The number of nitrogens with one attached hydrogen (secondary N) is 1. The van der Waals surface area contributed by atoms with Crippen molar-refractivity contribution in [2.75, 3.05) is 0 Å². The molecule has 0 aliphatic heterocycles. The maximum absolute atomic E-state index is 13.8. The first kappa shape index (κ1) is 14.0. The van der Waals surface area contributed by atoms with Crippen LogP contribution in [0.2, 0.25) is 5.02 Å². The summed E-state index contributed by atoms with van der Waals surface area (Å²) < 4.78 is 26.7. The molecule has 5 heteroatoms. The topological polar surface area (TPSA) is 29.1 Å². The number of hydrogen-bond acceptors (Lipinski definition) is 1. The van der Waals surface area contributed by atoms with Crippen LogP contribution in [-0.4, -0.2) is 5.91 Å². The highest BCUT2D eigenvalue weighted by Crippen LogP contribution is 2.45. The summed E-state index contributed by atoms with van der Waals surface area (Å²) in [6, 6.07) is 10.1. The lowest BCUT2D eigenvalue weighted by atomic mass is 10.0. The van der Waals surface area contributed by atoms with Crippen LogP contribution >= 0.6 is 11.6 Å². The molecule has 0 radical (unpaired) electrons. The minimum absolute atomic E-state index is 0.0717. The van der Waals surface area contributed by atoms with Crippen LogP contribution in [0.3, 0.4) is 0 Å². The van der Waals surface area contributed by atoms with E-state index in [2.05, 4.69) is 5.32 Å². The van der Waals surface area contributed by atoms with E-state index in [1.807, 2.05) is 0 Å². The maximum Gasteiger partial charge on any atom is 0.256 e. The molecule has 0 heterocycles. The minimum atomic E-state index is -0.657. The second-order valence-electron chi connectivity index (χ2n) is 5.14. The molecule has 1 aliphatic rings. The quantitative estimate of drug-likeness (QED) is 0.911. The molecule has 2 aromatic rings. The average molecular weight is 308 g/mol. The SMILES string of the molecule is O=C(NC1(c2ccc(F)cc2)CC1)c1c(F)cccc1Cl. The van der Waals surface area contributed by atoms with Crippen LogP contribution in [0.4, 0.5) is 8.78 Å². The molecular weight excluding hydrogens is 296 g/mol. The van der Waals surface area contributed by atoms with Crippen molar-refractivity contribution in [1.29, 1.82) is 0 Å². The summed E-state index contributed by atoms with van der Waals surface area (Å²) in [6.45, 7) is 0. The van der Waals surface area contributed by atoms with Crippen molar-refractivity contribution in [3.05, 3.63) is 70.2 Å². The molecule has 1 aliphatic carbocycles. The van der Waals surface area contributed by atoms with Gasteiger partial charge < -0.3 is 5.32 Å². The summed E-state index contributed by atoms with van der Waals surface area (Å²) in [7, 11) is 0. The lowest BCUT2D eigenvalue weighted by Gasteiger charge is -2.18. The Kier molecular flexibility index (Phi) is 3.41. The van der Waals surface area contributed by atoms with Crippen LogP contribution in [0.1, 0.15) is 28.8 Å². The summed E-state index contributed by atoms with van der Waals surface area (Å²) in [5.41, 5.74) is 0.105. The lowest BCUT2D eigenvalue weighted by molar-refractivity contribution is 0.0927. The van der Waals surface area contributed by atoms with E-state index in [1.165, 1.54) is 30.3 Å². The smallest absolute Gasteiger partial charge is 0.256 e. The van der Waals surface area contributed by atoms with Crippen LogP contribution in [-0.2, 0) is 5.54 Å². The van der Waals surface area contributed by atoms with Crippen LogP contribution in [0.15, 0.2) is 42.5 Å². The van der Waals surface area contributed by atoms with Crippen molar-refractivity contribution in [3.8, 4) is 0 Å². The third kappa shape index (κ3) is 2.63. The van der Waals surface area contributed by atoms with Gasteiger partial charge in [-0.05, 0) is 42.7 Å². The zero-order chi connectivity index (χ0) is 15.0. The van der Waals surface area contributed by atoms with Crippen LogP contribution in [0.25, 0.3) is 0 Å².